The predicted molar refractivity (Wildman–Crippen MR) is 79.7 cm³/mol. The molecule has 2 heterocycles. The summed E-state index contributed by atoms with van der Waals surface area (Å²) in [7, 11) is 0. The summed E-state index contributed by atoms with van der Waals surface area (Å²) in [5.74, 6) is -3.42. The summed E-state index contributed by atoms with van der Waals surface area (Å²) in [5.41, 5.74) is 1.05. The number of hydrogen-bond donors (Lipinski definition) is 2. The van der Waals surface area contributed by atoms with E-state index in [-0.39, 0.29) is 12.4 Å². The Bertz CT molecular complexity index is 680. The molecule has 1 unspecified atom stereocenters. The average Bonchev–Trinajstić information content (AvgIpc) is 3.11. The lowest BCUT2D eigenvalue weighted by atomic mass is 9.95. The third-order valence-electron chi connectivity index (χ3n) is 4.34. The Kier molecular flexibility index (Phi) is 4.81. The van der Waals surface area contributed by atoms with Crippen LogP contribution >= 0.6 is 0 Å². The predicted octanol–water partition coefficient (Wildman–Crippen LogP) is 1.99. The average molecular weight is 341 g/mol. The lowest BCUT2D eigenvalue weighted by Crippen LogP contribution is -2.51. The van der Waals surface area contributed by atoms with Gasteiger partial charge in [0.15, 0.2) is 0 Å². The summed E-state index contributed by atoms with van der Waals surface area (Å²) < 4.78 is 41.7. The van der Waals surface area contributed by atoms with Gasteiger partial charge in [0.05, 0.1) is 6.04 Å². The molecule has 1 aromatic heterocycles. The molecule has 6 nitrogen and oxygen atoms in total. The van der Waals surface area contributed by atoms with E-state index < -0.39 is 24.4 Å². The van der Waals surface area contributed by atoms with Gasteiger partial charge >= 0.3 is 0 Å². The van der Waals surface area contributed by atoms with Crippen molar-refractivity contribution < 1.29 is 18.3 Å². The first-order chi connectivity index (χ1) is 11.5. The first-order valence-corrected chi connectivity index (χ1v) is 7.76. The van der Waals surface area contributed by atoms with Crippen molar-refractivity contribution in [2.24, 2.45) is 0 Å². The number of tetrazole rings is 1. The maximum Gasteiger partial charge on any atom is 0.285 e. The number of alkyl halides is 2. The van der Waals surface area contributed by atoms with Crippen molar-refractivity contribution >= 4 is 0 Å². The van der Waals surface area contributed by atoms with E-state index in [9.17, 15) is 13.2 Å². The summed E-state index contributed by atoms with van der Waals surface area (Å²) in [6.07, 6.45) is 1.81. The zero-order valence-electron chi connectivity index (χ0n) is 12.9. The SMILES string of the molecule is OCC(F)(F)C1CCCCN1Cc1ccc(F)cc1-c1nn[nH]n1. The maximum absolute atomic E-state index is 14.0. The van der Waals surface area contributed by atoms with E-state index in [1.54, 1.807) is 11.0 Å². The Morgan fingerprint density at radius 1 is 1.33 bits per heavy atom. The number of rotatable bonds is 5. The Labute approximate surface area is 136 Å². The molecule has 0 amide bonds. The van der Waals surface area contributed by atoms with Crippen molar-refractivity contribution in [2.75, 3.05) is 13.2 Å². The summed E-state index contributed by atoms with van der Waals surface area (Å²) in [5, 5.41) is 22.5. The van der Waals surface area contributed by atoms with Crippen molar-refractivity contribution in [3.8, 4) is 11.4 Å². The van der Waals surface area contributed by atoms with E-state index in [1.807, 2.05) is 0 Å². The fourth-order valence-corrected chi connectivity index (χ4v) is 3.15. The van der Waals surface area contributed by atoms with Crippen LogP contribution in [0.2, 0.25) is 0 Å². The molecular weight excluding hydrogens is 323 g/mol. The molecule has 24 heavy (non-hydrogen) atoms. The molecule has 0 aliphatic carbocycles. The fourth-order valence-electron chi connectivity index (χ4n) is 3.15. The van der Waals surface area contributed by atoms with E-state index in [0.717, 1.165) is 6.42 Å². The zero-order valence-corrected chi connectivity index (χ0v) is 12.9. The normalized spacial score (nSPS) is 19.6. The molecule has 1 aromatic carbocycles. The first kappa shape index (κ1) is 16.8. The molecule has 3 rings (SSSR count). The van der Waals surface area contributed by atoms with Gasteiger partial charge in [0.25, 0.3) is 5.92 Å². The number of nitrogens with zero attached hydrogens (tertiary/aromatic N) is 4. The highest BCUT2D eigenvalue weighted by molar-refractivity contribution is 5.59. The summed E-state index contributed by atoms with van der Waals surface area (Å²) in [6.45, 7) is -0.497. The molecule has 1 aliphatic rings. The third-order valence-corrected chi connectivity index (χ3v) is 4.34. The molecule has 0 spiro atoms. The number of likely N-dealkylation sites (tertiary alicyclic amines) is 1. The van der Waals surface area contributed by atoms with Crippen molar-refractivity contribution in [1.82, 2.24) is 25.5 Å². The number of aliphatic hydroxyl groups excluding tert-OH is 1. The number of benzene rings is 1. The highest BCUT2D eigenvalue weighted by Crippen LogP contribution is 2.33. The number of aromatic amines is 1. The molecule has 1 fully saturated rings. The number of aromatic nitrogens is 4. The number of hydrogen-bond acceptors (Lipinski definition) is 5. The number of nitrogens with one attached hydrogen (secondary N) is 1. The lowest BCUT2D eigenvalue weighted by molar-refractivity contribution is -0.126. The minimum Gasteiger partial charge on any atom is -0.390 e. The van der Waals surface area contributed by atoms with Crippen LogP contribution in [0.15, 0.2) is 18.2 Å². The quantitative estimate of drug-likeness (QED) is 0.870. The van der Waals surface area contributed by atoms with Crippen LogP contribution in [-0.2, 0) is 6.54 Å². The minimum absolute atomic E-state index is 0.199. The molecule has 2 aromatic rings. The highest BCUT2D eigenvalue weighted by atomic mass is 19.3. The second-order valence-corrected chi connectivity index (χ2v) is 5.94. The number of H-pyrrole nitrogens is 1. The van der Waals surface area contributed by atoms with Crippen molar-refractivity contribution in [3.63, 3.8) is 0 Å². The Balaban J connectivity index is 1.90. The maximum atomic E-state index is 14.0. The van der Waals surface area contributed by atoms with Gasteiger partial charge in [-0.05, 0) is 42.3 Å². The van der Waals surface area contributed by atoms with Crippen LogP contribution in [0.5, 0.6) is 0 Å². The minimum atomic E-state index is -3.17. The molecule has 1 saturated heterocycles. The van der Waals surface area contributed by atoms with Crippen LogP contribution in [0, 0.1) is 5.82 Å². The topological polar surface area (TPSA) is 77.9 Å². The molecule has 0 radical (unpaired) electrons. The third kappa shape index (κ3) is 3.41. The molecule has 1 aliphatic heterocycles. The Morgan fingerprint density at radius 2 is 2.17 bits per heavy atom. The van der Waals surface area contributed by atoms with Gasteiger partial charge in [-0.1, -0.05) is 12.5 Å². The van der Waals surface area contributed by atoms with Gasteiger partial charge in [-0.25, -0.2) is 13.2 Å². The number of halogens is 3. The first-order valence-electron chi connectivity index (χ1n) is 7.76. The van der Waals surface area contributed by atoms with Gasteiger partial charge in [0.2, 0.25) is 5.82 Å². The van der Waals surface area contributed by atoms with Gasteiger partial charge in [0, 0.05) is 12.1 Å². The summed E-state index contributed by atoms with van der Waals surface area (Å²) in [6, 6.07) is 3.05. The van der Waals surface area contributed by atoms with E-state index in [2.05, 4.69) is 20.6 Å². The van der Waals surface area contributed by atoms with E-state index >= 15 is 0 Å². The smallest absolute Gasteiger partial charge is 0.285 e. The molecular formula is C15H18F3N5O. The van der Waals surface area contributed by atoms with Gasteiger partial charge < -0.3 is 5.11 Å². The van der Waals surface area contributed by atoms with Crippen LogP contribution in [-0.4, -0.2) is 55.7 Å². The van der Waals surface area contributed by atoms with E-state index in [4.69, 9.17) is 5.11 Å². The van der Waals surface area contributed by atoms with Crippen LogP contribution in [0.1, 0.15) is 24.8 Å². The number of piperidine rings is 1. The zero-order chi connectivity index (χ0) is 17.2. The highest BCUT2D eigenvalue weighted by Gasteiger charge is 2.43. The second kappa shape index (κ2) is 6.86. The van der Waals surface area contributed by atoms with Gasteiger partial charge in [-0.2, -0.15) is 5.21 Å². The van der Waals surface area contributed by atoms with Crippen molar-refractivity contribution in [1.29, 1.82) is 0 Å². The van der Waals surface area contributed by atoms with Crippen LogP contribution in [0.3, 0.4) is 0 Å². The number of aliphatic hydroxyl groups is 1. The fraction of sp³-hybridized carbons (Fsp3) is 0.533. The molecule has 0 saturated carbocycles. The Morgan fingerprint density at radius 3 is 2.88 bits per heavy atom. The van der Waals surface area contributed by atoms with Gasteiger partial charge in [0.1, 0.15) is 12.4 Å². The molecule has 1 atom stereocenters. The Hall–Kier alpha value is -2.00. The van der Waals surface area contributed by atoms with E-state index in [1.165, 1.54) is 12.1 Å². The molecule has 0 bridgehead atoms. The largest absolute Gasteiger partial charge is 0.390 e. The molecule has 130 valence electrons. The van der Waals surface area contributed by atoms with Gasteiger partial charge in [-0.15, -0.1) is 10.2 Å². The van der Waals surface area contributed by atoms with Crippen molar-refractivity contribution in [3.05, 3.63) is 29.6 Å². The molecule has 9 heteroatoms. The summed E-state index contributed by atoms with van der Waals surface area (Å²) >= 11 is 0. The summed E-state index contributed by atoms with van der Waals surface area (Å²) in [4.78, 5) is 1.64. The monoisotopic (exact) mass is 341 g/mol. The van der Waals surface area contributed by atoms with Crippen LogP contribution in [0.25, 0.3) is 11.4 Å². The van der Waals surface area contributed by atoms with Crippen molar-refractivity contribution in [2.45, 2.75) is 37.8 Å². The second-order valence-electron chi connectivity index (χ2n) is 5.94. The van der Waals surface area contributed by atoms with Crippen LogP contribution in [0.4, 0.5) is 13.2 Å². The van der Waals surface area contributed by atoms with E-state index in [0.29, 0.717) is 30.5 Å². The lowest BCUT2D eigenvalue weighted by Gasteiger charge is -2.39. The standard InChI is InChI=1S/C15H18F3N5O/c16-11-5-4-10(12(7-11)14-19-21-22-20-14)8-23-6-2-1-3-13(23)15(17,18)9-24/h4-5,7,13,24H,1-3,6,8-9H2,(H,19,20,21,22). The molecule has 2 N–H and O–H groups in total. The van der Waals surface area contributed by atoms with Crippen LogP contribution < -0.4 is 0 Å². The van der Waals surface area contributed by atoms with Gasteiger partial charge in [-0.3, -0.25) is 4.90 Å².